The zero-order valence-corrected chi connectivity index (χ0v) is 12.2. The molecule has 0 aliphatic heterocycles. The van der Waals surface area contributed by atoms with Crippen molar-refractivity contribution in [3.8, 4) is 6.07 Å². The summed E-state index contributed by atoms with van der Waals surface area (Å²) in [5.41, 5.74) is 5.31. The highest BCUT2D eigenvalue weighted by molar-refractivity contribution is 5.83. The summed E-state index contributed by atoms with van der Waals surface area (Å²) in [6.45, 7) is 0. The summed E-state index contributed by atoms with van der Waals surface area (Å²) in [6.07, 6.45) is 1.35. The average molecular weight is 292 g/mol. The van der Waals surface area contributed by atoms with Crippen LogP contribution in [0.25, 0.3) is 0 Å². The van der Waals surface area contributed by atoms with E-state index in [1.54, 1.807) is 12.3 Å². The number of nitrogens with zero attached hydrogens (tertiary/aromatic N) is 3. The third-order valence-electron chi connectivity index (χ3n) is 3.07. The second kappa shape index (κ2) is 7.60. The van der Waals surface area contributed by atoms with Gasteiger partial charge in [-0.25, -0.2) is 5.43 Å². The fraction of sp³-hybridized carbons (Fsp3) is 0.118. The predicted octanol–water partition coefficient (Wildman–Crippen LogP) is 2.82. The third kappa shape index (κ3) is 4.18. The van der Waals surface area contributed by atoms with Crippen molar-refractivity contribution in [2.24, 2.45) is 5.10 Å². The molecule has 1 N–H and O–H groups in total. The van der Waals surface area contributed by atoms with Crippen LogP contribution in [0.4, 0.5) is 11.4 Å². The molecule has 0 saturated carbocycles. The lowest BCUT2D eigenvalue weighted by atomic mass is 10.2. The van der Waals surface area contributed by atoms with E-state index in [4.69, 9.17) is 5.26 Å². The molecule has 2 aromatic rings. The first kappa shape index (κ1) is 15.3. The number of anilines is 2. The van der Waals surface area contributed by atoms with Crippen LogP contribution in [0.5, 0.6) is 0 Å². The molecule has 110 valence electrons. The number of amides is 1. The van der Waals surface area contributed by atoms with E-state index in [2.05, 4.69) is 15.4 Å². The molecule has 5 heteroatoms. The Morgan fingerprint density at radius 2 is 1.82 bits per heavy atom. The lowest BCUT2D eigenvalue weighted by Crippen LogP contribution is -2.16. The lowest BCUT2D eigenvalue weighted by Gasteiger charge is -2.19. The van der Waals surface area contributed by atoms with Crippen LogP contribution in [-0.2, 0) is 4.79 Å². The van der Waals surface area contributed by atoms with Crippen molar-refractivity contribution in [1.29, 1.82) is 5.26 Å². The van der Waals surface area contributed by atoms with E-state index in [0.29, 0.717) is 0 Å². The smallest absolute Gasteiger partial charge is 0.254 e. The van der Waals surface area contributed by atoms with E-state index in [0.717, 1.165) is 16.9 Å². The summed E-state index contributed by atoms with van der Waals surface area (Å²) in [5, 5.41) is 12.2. The van der Waals surface area contributed by atoms with Gasteiger partial charge in [0, 0.05) is 18.4 Å². The Morgan fingerprint density at radius 1 is 1.18 bits per heavy atom. The van der Waals surface area contributed by atoms with Gasteiger partial charge in [0.2, 0.25) is 0 Å². The molecule has 0 saturated heterocycles. The van der Waals surface area contributed by atoms with Crippen LogP contribution in [0.1, 0.15) is 12.0 Å². The van der Waals surface area contributed by atoms with Crippen molar-refractivity contribution in [1.82, 2.24) is 5.43 Å². The number of para-hydroxylation sites is 1. The summed E-state index contributed by atoms with van der Waals surface area (Å²) in [4.78, 5) is 13.2. The van der Waals surface area contributed by atoms with Crippen LogP contribution in [0.15, 0.2) is 59.7 Å². The second-order valence-corrected chi connectivity index (χ2v) is 4.61. The fourth-order valence-corrected chi connectivity index (χ4v) is 1.87. The van der Waals surface area contributed by atoms with Crippen molar-refractivity contribution in [3.63, 3.8) is 0 Å². The van der Waals surface area contributed by atoms with Crippen molar-refractivity contribution >= 4 is 23.5 Å². The summed E-state index contributed by atoms with van der Waals surface area (Å²) >= 11 is 0. The summed E-state index contributed by atoms with van der Waals surface area (Å²) in [6, 6.07) is 19.6. The van der Waals surface area contributed by atoms with E-state index in [1.807, 2.05) is 61.6 Å². The van der Waals surface area contributed by atoms with E-state index in [1.165, 1.54) is 0 Å². The van der Waals surface area contributed by atoms with Gasteiger partial charge >= 0.3 is 0 Å². The number of carbonyl (C=O) groups excluding carboxylic acids is 1. The topological polar surface area (TPSA) is 68.5 Å². The Bertz CT molecular complexity index is 687. The van der Waals surface area contributed by atoms with Gasteiger partial charge in [0.25, 0.3) is 5.91 Å². The molecule has 0 unspecified atom stereocenters. The Hall–Kier alpha value is -3.13. The number of hydrogen-bond donors (Lipinski definition) is 1. The van der Waals surface area contributed by atoms with Gasteiger partial charge in [-0.2, -0.15) is 10.4 Å². The minimum atomic E-state index is -0.417. The Labute approximate surface area is 129 Å². The second-order valence-electron chi connectivity index (χ2n) is 4.61. The van der Waals surface area contributed by atoms with Gasteiger partial charge in [0.05, 0.1) is 12.3 Å². The zero-order valence-electron chi connectivity index (χ0n) is 12.2. The fourth-order valence-electron chi connectivity index (χ4n) is 1.87. The lowest BCUT2D eigenvalue weighted by molar-refractivity contribution is -0.120. The molecule has 0 aliphatic rings. The number of hydrazone groups is 1. The first-order valence-corrected chi connectivity index (χ1v) is 6.78. The molecule has 0 aromatic heterocycles. The van der Waals surface area contributed by atoms with Crippen LogP contribution < -0.4 is 10.3 Å². The highest BCUT2D eigenvalue weighted by atomic mass is 16.2. The maximum absolute atomic E-state index is 11.1. The summed E-state index contributed by atoms with van der Waals surface area (Å²) in [7, 11) is 2.00. The summed E-state index contributed by atoms with van der Waals surface area (Å²) < 4.78 is 0. The molecule has 0 radical (unpaired) electrons. The van der Waals surface area contributed by atoms with E-state index in [9.17, 15) is 4.79 Å². The standard InChI is InChI=1S/C17H16N4O/c1-21(15-5-3-2-4-6-15)16-9-7-14(8-10-16)13-19-20-17(22)11-12-18/h2-10,13H,11H2,1H3,(H,20,22). The third-order valence-corrected chi connectivity index (χ3v) is 3.07. The molecule has 5 nitrogen and oxygen atoms in total. The molecule has 0 bridgehead atoms. The number of nitrogens with one attached hydrogen (secondary N) is 1. The molecule has 0 aliphatic carbocycles. The van der Waals surface area contributed by atoms with Crippen LogP contribution in [0.3, 0.4) is 0 Å². The highest BCUT2D eigenvalue weighted by Crippen LogP contribution is 2.22. The van der Waals surface area contributed by atoms with Crippen molar-refractivity contribution in [2.45, 2.75) is 6.42 Å². The highest BCUT2D eigenvalue weighted by Gasteiger charge is 2.02. The number of rotatable bonds is 5. The van der Waals surface area contributed by atoms with Crippen LogP contribution in [0, 0.1) is 11.3 Å². The average Bonchev–Trinajstić information content (AvgIpc) is 2.56. The van der Waals surface area contributed by atoms with Gasteiger partial charge in [-0.05, 0) is 29.8 Å². The van der Waals surface area contributed by atoms with Crippen molar-refractivity contribution in [3.05, 3.63) is 60.2 Å². The quantitative estimate of drug-likeness (QED) is 0.680. The number of hydrogen-bond acceptors (Lipinski definition) is 4. The molecule has 0 spiro atoms. The van der Waals surface area contributed by atoms with Crippen LogP contribution in [0.2, 0.25) is 0 Å². The predicted molar refractivity (Wildman–Crippen MR) is 86.9 cm³/mol. The van der Waals surface area contributed by atoms with Gasteiger partial charge in [-0.3, -0.25) is 4.79 Å². The molecule has 2 rings (SSSR count). The monoisotopic (exact) mass is 292 g/mol. The molecule has 2 aromatic carbocycles. The van der Waals surface area contributed by atoms with Crippen LogP contribution in [-0.4, -0.2) is 19.2 Å². The number of benzene rings is 2. The minimum absolute atomic E-state index is 0.196. The molecule has 1 amide bonds. The van der Waals surface area contributed by atoms with Crippen molar-refractivity contribution in [2.75, 3.05) is 11.9 Å². The SMILES string of the molecule is CN(c1ccccc1)c1ccc(C=NNC(=O)CC#N)cc1. The Morgan fingerprint density at radius 3 is 2.45 bits per heavy atom. The molecule has 22 heavy (non-hydrogen) atoms. The van der Waals surface area contributed by atoms with E-state index >= 15 is 0 Å². The minimum Gasteiger partial charge on any atom is -0.345 e. The Balaban J connectivity index is 2.00. The van der Waals surface area contributed by atoms with Gasteiger partial charge in [-0.15, -0.1) is 0 Å². The van der Waals surface area contributed by atoms with Gasteiger partial charge < -0.3 is 4.90 Å². The van der Waals surface area contributed by atoms with Crippen molar-refractivity contribution < 1.29 is 4.79 Å². The number of carbonyl (C=O) groups is 1. The molecular formula is C17H16N4O. The maximum Gasteiger partial charge on any atom is 0.254 e. The molecule has 0 heterocycles. The van der Waals surface area contributed by atoms with E-state index in [-0.39, 0.29) is 6.42 Å². The number of nitriles is 1. The van der Waals surface area contributed by atoms with Gasteiger partial charge in [0.1, 0.15) is 6.42 Å². The molecule has 0 atom stereocenters. The largest absolute Gasteiger partial charge is 0.345 e. The summed E-state index contributed by atoms with van der Waals surface area (Å²) in [5.74, 6) is -0.417. The van der Waals surface area contributed by atoms with Crippen LogP contribution >= 0.6 is 0 Å². The van der Waals surface area contributed by atoms with Gasteiger partial charge in [-0.1, -0.05) is 30.3 Å². The molecular weight excluding hydrogens is 276 g/mol. The maximum atomic E-state index is 11.1. The molecule has 0 fully saturated rings. The first-order chi connectivity index (χ1) is 10.7. The normalized spacial score (nSPS) is 10.2. The zero-order chi connectivity index (χ0) is 15.8. The van der Waals surface area contributed by atoms with E-state index < -0.39 is 5.91 Å². The first-order valence-electron chi connectivity index (χ1n) is 6.78. The van der Waals surface area contributed by atoms with Gasteiger partial charge in [0.15, 0.2) is 0 Å². The Kier molecular flexibility index (Phi) is 5.27.